The van der Waals surface area contributed by atoms with Crippen LogP contribution < -0.4 is 11.1 Å². The summed E-state index contributed by atoms with van der Waals surface area (Å²) in [6.45, 7) is 0.999. The molecule has 0 spiro atoms. The van der Waals surface area contributed by atoms with E-state index in [2.05, 4.69) is 10.3 Å². The summed E-state index contributed by atoms with van der Waals surface area (Å²) in [7, 11) is 0. The van der Waals surface area contributed by atoms with Gasteiger partial charge in [0, 0.05) is 24.0 Å². The molecule has 1 aliphatic rings. The molecule has 3 amide bonds. The zero-order valence-electron chi connectivity index (χ0n) is 16.3. The molecule has 2 heterocycles. The van der Waals surface area contributed by atoms with Crippen LogP contribution in [-0.2, 0) is 16.0 Å². The minimum absolute atomic E-state index is 0.0448. The van der Waals surface area contributed by atoms with Crippen LogP contribution in [0.5, 0.6) is 0 Å². The summed E-state index contributed by atoms with van der Waals surface area (Å²) < 4.78 is 0. The first-order valence-electron chi connectivity index (χ1n) is 9.82. The number of fused-ring (bicyclic) bond motifs is 1. The number of benzene rings is 2. The van der Waals surface area contributed by atoms with Gasteiger partial charge in [0.1, 0.15) is 0 Å². The Morgan fingerprint density at radius 3 is 2.80 bits per heavy atom. The highest BCUT2D eigenvalue weighted by Crippen LogP contribution is 2.25. The molecule has 8 heteroatoms. The zero-order chi connectivity index (χ0) is 21.1. The maximum atomic E-state index is 13.2. The molecule has 1 saturated heterocycles. The standard InChI is InChI=1S/C22H22N4O3S/c23-19(27)11-16-13-30-22(24-16)25-20(28)15-7-4-10-26(12-15)21(29)18-9-3-6-14-5-1-2-8-17(14)18/h1-3,5-6,8-9,13,15H,4,7,10-12H2,(H2,23,27)(H,24,25,28). The molecule has 0 saturated carbocycles. The zero-order valence-corrected chi connectivity index (χ0v) is 17.2. The van der Waals surface area contributed by atoms with Crippen LogP contribution >= 0.6 is 11.3 Å². The first-order valence-corrected chi connectivity index (χ1v) is 10.7. The number of amides is 3. The second-order valence-electron chi connectivity index (χ2n) is 7.39. The number of hydrogen-bond donors (Lipinski definition) is 2. The van der Waals surface area contributed by atoms with Crippen molar-refractivity contribution in [2.24, 2.45) is 11.7 Å². The minimum Gasteiger partial charge on any atom is -0.369 e. The van der Waals surface area contributed by atoms with Crippen LogP contribution in [0.2, 0.25) is 0 Å². The minimum atomic E-state index is -0.465. The second-order valence-corrected chi connectivity index (χ2v) is 8.25. The van der Waals surface area contributed by atoms with Crippen LogP contribution in [0.1, 0.15) is 28.9 Å². The lowest BCUT2D eigenvalue weighted by atomic mass is 9.95. The highest BCUT2D eigenvalue weighted by atomic mass is 32.1. The van der Waals surface area contributed by atoms with E-state index in [1.54, 1.807) is 10.3 Å². The molecule has 154 valence electrons. The first kappa shape index (κ1) is 20.0. The lowest BCUT2D eigenvalue weighted by molar-refractivity contribution is -0.121. The number of nitrogens with zero attached hydrogens (tertiary/aromatic N) is 2. The second kappa shape index (κ2) is 8.62. The average Bonchev–Trinajstić information content (AvgIpc) is 3.18. The Balaban J connectivity index is 1.45. The smallest absolute Gasteiger partial charge is 0.254 e. The van der Waals surface area contributed by atoms with Crippen molar-refractivity contribution in [3.63, 3.8) is 0 Å². The van der Waals surface area contributed by atoms with Crippen molar-refractivity contribution in [3.05, 3.63) is 59.1 Å². The lowest BCUT2D eigenvalue weighted by Gasteiger charge is -2.32. The van der Waals surface area contributed by atoms with Crippen molar-refractivity contribution in [1.82, 2.24) is 9.88 Å². The van der Waals surface area contributed by atoms with Gasteiger partial charge in [0.2, 0.25) is 11.8 Å². The molecule has 1 aromatic heterocycles. The molecule has 2 aromatic carbocycles. The normalized spacial score (nSPS) is 16.4. The molecule has 0 radical (unpaired) electrons. The maximum Gasteiger partial charge on any atom is 0.254 e. The number of anilines is 1. The van der Waals surface area contributed by atoms with E-state index in [4.69, 9.17) is 5.73 Å². The Kier molecular flexibility index (Phi) is 5.76. The molecule has 4 rings (SSSR count). The van der Waals surface area contributed by atoms with Crippen molar-refractivity contribution < 1.29 is 14.4 Å². The monoisotopic (exact) mass is 422 g/mol. The van der Waals surface area contributed by atoms with E-state index in [1.807, 2.05) is 42.5 Å². The number of carbonyl (C=O) groups is 3. The number of nitrogens with one attached hydrogen (secondary N) is 1. The Bertz CT molecular complexity index is 1110. The summed E-state index contributed by atoms with van der Waals surface area (Å²) in [6, 6.07) is 13.5. The third-order valence-corrected chi connectivity index (χ3v) is 6.04. The summed E-state index contributed by atoms with van der Waals surface area (Å²) in [5.74, 6) is -0.984. The van der Waals surface area contributed by atoms with Gasteiger partial charge in [-0.2, -0.15) is 0 Å². The van der Waals surface area contributed by atoms with Crippen molar-refractivity contribution in [3.8, 4) is 0 Å². The number of thiazole rings is 1. The van der Waals surface area contributed by atoms with Crippen molar-refractivity contribution >= 4 is 45.0 Å². The predicted octanol–water partition coefficient (Wildman–Crippen LogP) is 2.82. The molecule has 1 atom stereocenters. The van der Waals surface area contributed by atoms with Crippen molar-refractivity contribution in [2.45, 2.75) is 19.3 Å². The lowest BCUT2D eigenvalue weighted by Crippen LogP contribution is -2.43. The number of likely N-dealkylation sites (tertiary alicyclic amines) is 1. The number of aromatic nitrogens is 1. The van der Waals surface area contributed by atoms with Crippen molar-refractivity contribution in [2.75, 3.05) is 18.4 Å². The topological polar surface area (TPSA) is 105 Å². The summed E-state index contributed by atoms with van der Waals surface area (Å²) in [6.07, 6.45) is 1.52. The van der Waals surface area contributed by atoms with E-state index in [0.29, 0.717) is 35.9 Å². The van der Waals surface area contributed by atoms with Crippen LogP contribution in [0.3, 0.4) is 0 Å². The van der Waals surface area contributed by atoms with Gasteiger partial charge in [0.05, 0.1) is 18.0 Å². The Morgan fingerprint density at radius 2 is 1.97 bits per heavy atom. The molecule has 1 fully saturated rings. The fraction of sp³-hybridized carbons (Fsp3) is 0.273. The highest BCUT2D eigenvalue weighted by Gasteiger charge is 2.30. The maximum absolute atomic E-state index is 13.2. The van der Waals surface area contributed by atoms with Gasteiger partial charge in [-0.05, 0) is 29.7 Å². The summed E-state index contributed by atoms with van der Waals surface area (Å²) in [4.78, 5) is 42.9. The highest BCUT2D eigenvalue weighted by molar-refractivity contribution is 7.13. The molecule has 3 aromatic rings. The molecule has 1 unspecified atom stereocenters. The Morgan fingerprint density at radius 1 is 1.17 bits per heavy atom. The quantitative estimate of drug-likeness (QED) is 0.659. The number of nitrogens with two attached hydrogens (primary N) is 1. The number of hydrogen-bond acceptors (Lipinski definition) is 5. The molecule has 7 nitrogen and oxygen atoms in total. The largest absolute Gasteiger partial charge is 0.369 e. The van der Waals surface area contributed by atoms with Crippen LogP contribution in [0, 0.1) is 5.92 Å². The van der Waals surface area contributed by atoms with Gasteiger partial charge in [0.15, 0.2) is 5.13 Å². The number of carbonyl (C=O) groups excluding carboxylic acids is 3. The fourth-order valence-corrected chi connectivity index (χ4v) is 4.50. The van der Waals surface area contributed by atoms with E-state index in [-0.39, 0.29) is 24.2 Å². The molecule has 30 heavy (non-hydrogen) atoms. The van der Waals surface area contributed by atoms with Crippen LogP contribution in [-0.4, -0.2) is 40.7 Å². The first-order chi connectivity index (χ1) is 14.5. The van der Waals surface area contributed by atoms with E-state index < -0.39 is 5.91 Å². The molecular formula is C22H22N4O3S. The third-order valence-electron chi connectivity index (χ3n) is 5.24. The molecule has 1 aliphatic heterocycles. The van der Waals surface area contributed by atoms with Gasteiger partial charge >= 0.3 is 0 Å². The van der Waals surface area contributed by atoms with Crippen LogP contribution in [0.4, 0.5) is 5.13 Å². The van der Waals surface area contributed by atoms with Crippen LogP contribution in [0.25, 0.3) is 10.8 Å². The van der Waals surface area contributed by atoms with Gasteiger partial charge < -0.3 is 16.0 Å². The summed E-state index contributed by atoms with van der Waals surface area (Å²) >= 11 is 1.26. The third kappa shape index (κ3) is 4.33. The Hall–Kier alpha value is -3.26. The average molecular weight is 423 g/mol. The van der Waals surface area contributed by atoms with E-state index in [1.165, 1.54) is 11.3 Å². The molecule has 0 bridgehead atoms. The molecule has 3 N–H and O–H groups in total. The van der Waals surface area contributed by atoms with E-state index in [0.717, 1.165) is 17.2 Å². The number of piperidine rings is 1. The summed E-state index contributed by atoms with van der Waals surface area (Å²) in [5.41, 5.74) is 6.38. The Labute approximate surface area is 177 Å². The number of primary amides is 1. The number of rotatable bonds is 5. The van der Waals surface area contributed by atoms with Gasteiger partial charge in [-0.1, -0.05) is 36.4 Å². The van der Waals surface area contributed by atoms with E-state index >= 15 is 0 Å². The fourth-order valence-electron chi connectivity index (χ4n) is 3.79. The van der Waals surface area contributed by atoms with Crippen LogP contribution in [0.15, 0.2) is 47.8 Å². The van der Waals surface area contributed by atoms with Gasteiger partial charge in [-0.15, -0.1) is 11.3 Å². The van der Waals surface area contributed by atoms with Gasteiger partial charge in [-0.3, -0.25) is 14.4 Å². The molecular weight excluding hydrogens is 400 g/mol. The summed E-state index contributed by atoms with van der Waals surface area (Å²) in [5, 5.41) is 6.89. The van der Waals surface area contributed by atoms with E-state index in [9.17, 15) is 14.4 Å². The van der Waals surface area contributed by atoms with Gasteiger partial charge in [-0.25, -0.2) is 4.98 Å². The predicted molar refractivity (Wildman–Crippen MR) is 116 cm³/mol. The SMILES string of the molecule is NC(=O)Cc1csc(NC(=O)C2CCCN(C(=O)c3cccc4ccccc34)C2)n1. The molecule has 0 aliphatic carbocycles. The van der Waals surface area contributed by atoms with Crippen molar-refractivity contribution in [1.29, 1.82) is 0 Å². The van der Waals surface area contributed by atoms with Gasteiger partial charge in [0.25, 0.3) is 5.91 Å².